The quantitative estimate of drug-likeness (QED) is 0.742. The average Bonchev–Trinajstić information content (AvgIpc) is 2.74. The number of thioether (sulfide) groups is 1. The minimum absolute atomic E-state index is 0.0810. The van der Waals surface area contributed by atoms with Crippen molar-refractivity contribution in [3.05, 3.63) is 0 Å². The van der Waals surface area contributed by atoms with Crippen molar-refractivity contribution in [3.8, 4) is 0 Å². The van der Waals surface area contributed by atoms with Gasteiger partial charge in [-0.3, -0.25) is 0 Å². The molecule has 1 fully saturated rings. The summed E-state index contributed by atoms with van der Waals surface area (Å²) in [6, 6.07) is -1.07. The van der Waals surface area contributed by atoms with E-state index in [0.717, 1.165) is 0 Å². The first-order chi connectivity index (χ1) is 7.56. The Morgan fingerprint density at radius 1 is 1.69 bits per heavy atom. The van der Waals surface area contributed by atoms with Crippen molar-refractivity contribution in [3.63, 3.8) is 0 Å². The van der Waals surface area contributed by atoms with Crippen molar-refractivity contribution >= 4 is 23.8 Å². The Morgan fingerprint density at radius 3 is 2.94 bits per heavy atom. The van der Waals surface area contributed by atoms with Crippen LogP contribution in [0.3, 0.4) is 0 Å². The van der Waals surface area contributed by atoms with E-state index in [1.54, 1.807) is 7.11 Å². The number of urea groups is 1. The molecule has 0 saturated carbocycles. The fourth-order valence-corrected chi connectivity index (χ4v) is 2.41. The second-order valence-corrected chi connectivity index (χ2v) is 4.56. The molecule has 2 amide bonds. The topological polar surface area (TPSA) is 78.9 Å². The molecule has 0 aromatic heterocycles. The first-order valence-corrected chi connectivity index (χ1v) is 6.09. The van der Waals surface area contributed by atoms with E-state index < -0.39 is 12.0 Å². The number of carboxylic acids is 1. The normalized spacial score (nSPS) is 21.9. The van der Waals surface area contributed by atoms with Crippen molar-refractivity contribution in [1.29, 1.82) is 0 Å². The molecule has 2 unspecified atom stereocenters. The van der Waals surface area contributed by atoms with Crippen LogP contribution in [0.25, 0.3) is 0 Å². The highest BCUT2D eigenvalue weighted by molar-refractivity contribution is 7.99. The number of aliphatic carboxylic acids is 1. The van der Waals surface area contributed by atoms with Gasteiger partial charge in [0, 0.05) is 19.4 Å². The van der Waals surface area contributed by atoms with Crippen LogP contribution in [0.1, 0.15) is 6.92 Å². The molecule has 1 aliphatic rings. The van der Waals surface area contributed by atoms with Gasteiger partial charge in [0.2, 0.25) is 0 Å². The van der Waals surface area contributed by atoms with Crippen molar-refractivity contribution in [2.45, 2.75) is 19.1 Å². The van der Waals surface area contributed by atoms with Crippen LogP contribution in [0.5, 0.6) is 0 Å². The molecule has 0 bridgehead atoms. The van der Waals surface area contributed by atoms with Gasteiger partial charge in [-0.25, -0.2) is 9.59 Å². The number of nitrogens with zero attached hydrogens (tertiary/aromatic N) is 1. The Bertz CT molecular complexity index is 274. The lowest BCUT2D eigenvalue weighted by Crippen LogP contribution is -2.48. The van der Waals surface area contributed by atoms with E-state index in [-0.39, 0.29) is 12.1 Å². The van der Waals surface area contributed by atoms with Gasteiger partial charge in [0.25, 0.3) is 0 Å². The molecule has 1 aliphatic heterocycles. The first-order valence-electron chi connectivity index (χ1n) is 4.94. The molecule has 7 heteroatoms. The monoisotopic (exact) mass is 248 g/mol. The van der Waals surface area contributed by atoms with Crippen LogP contribution >= 0.6 is 11.8 Å². The van der Waals surface area contributed by atoms with Gasteiger partial charge in [0.15, 0.2) is 0 Å². The minimum Gasteiger partial charge on any atom is -0.480 e. The third-order valence-electron chi connectivity index (χ3n) is 2.37. The summed E-state index contributed by atoms with van der Waals surface area (Å²) < 4.78 is 4.98. The van der Waals surface area contributed by atoms with Gasteiger partial charge in [-0.15, -0.1) is 11.8 Å². The highest BCUT2D eigenvalue weighted by Crippen LogP contribution is 2.20. The summed E-state index contributed by atoms with van der Waals surface area (Å²) in [5, 5.41) is 11.5. The van der Waals surface area contributed by atoms with Crippen LogP contribution < -0.4 is 5.32 Å². The Kier molecular flexibility index (Phi) is 4.88. The second kappa shape index (κ2) is 5.95. The van der Waals surface area contributed by atoms with E-state index in [0.29, 0.717) is 18.2 Å². The lowest BCUT2D eigenvalue weighted by atomic mass is 10.3. The highest BCUT2D eigenvalue weighted by Gasteiger charge is 2.34. The summed E-state index contributed by atoms with van der Waals surface area (Å²) in [7, 11) is 1.56. The van der Waals surface area contributed by atoms with Crippen molar-refractivity contribution in [2.75, 3.05) is 25.3 Å². The van der Waals surface area contributed by atoms with Gasteiger partial charge in [-0.05, 0) is 6.92 Å². The van der Waals surface area contributed by atoms with E-state index in [1.807, 2.05) is 6.92 Å². The molecule has 6 nitrogen and oxygen atoms in total. The molecule has 0 spiro atoms. The molecule has 1 heterocycles. The summed E-state index contributed by atoms with van der Waals surface area (Å²) in [6.07, 6.45) is -0.0810. The molecule has 1 saturated heterocycles. The number of carbonyl (C=O) groups excluding carboxylic acids is 1. The Labute approximate surface area is 98.3 Å². The second-order valence-electron chi connectivity index (χ2n) is 3.56. The fourth-order valence-electron chi connectivity index (χ4n) is 1.26. The molecule has 92 valence electrons. The Morgan fingerprint density at radius 2 is 2.38 bits per heavy atom. The van der Waals surface area contributed by atoms with Crippen LogP contribution in [0.4, 0.5) is 4.79 Å². The van der Waals surface area contributed by atoms with E-state index >= 15 is 0 Å². The molecule has 0 radical (unpaired) electrons. The maximum Gasteiger partial charge on any atom is 0.327 e. The predicted octanol–water partition coefficient (Wildman–Crippen LogP) is 0.190. The number of carbonyl (C=O) groups is 2. The third kappa shape index (κ3) is 3.28. The van der Waals surface area contributed by atoms with Crippen LogP contribution in [0.15, 0.2) is 0 Å². The maximum absolute atomic E-state index is 11.7. The number of amides is 2. The number of hydrogen-bond acceptors (Lipinski definition) is 4. The molecule has 1 rings (SSSR count). The standard InChI is InChI=1S/C9H16N2O4S/c1-6(15-2)3-10-9(14)11-5-16-4-7(11)8(12)13/h6-7H,3-5H2,1-2H3,(H,10,14)(H,12,13). The average molecular weight is 248 g/mol. The number of hydrogen-bond donors (Lipinski definition) is 2. The highest BCUT2D eigenvalue weighted by atomic mass is 32.2. The fraction of sp³-hybridized carbons (Fsp3) is 0.778. The Hall–Kier alpha value is -0.950. The minimum atomic E-state index is -0.958. The number of rotatable bonds is 4. The summed E-state index contributed by atoms with van der Waals surface area (Å²) in [5.74, 6) is -0.0906. The van der Waals surface area contributed by atoms with Gasteiger partial charge >= 0.3 is 12.0 Å². The molecule has 0 aliphatic carbocycles. The van der Waals surface area contributed by atoms with Gasteiger partial charge in [0.05, 0.1) is 12.0 Å². The first kappa shape index (κ1) is 13.1. The van der Waals surface area contributed by atoms with Gasteiger partial charge in [0.1, 0.15) is 6.04 Å². The lowest BCUT2D eigenvalue weighted by molar-refractivity contribution is -0.140. The van der Waals surface area contributed by atoms with E-state index in [2.05, 4.69) is 5.32 Å². The lowest BCUT2D eigenvalue weighted by Gasteiger charge is -2.21. The summed E-state index contributed by atoms with van der Waals surface area (Å²) >= 11 is 1.44. The van der Waals surface area contributed by atoms with Crippen molar-refractivity contribution in [1.82, 2.24) is 10.2 Å². The predicted molar refractivity (Wildman–Crippen MR) is 60.5 cm³/mol. The molecule has 2 N–H and O–H groups in total. The smallest absolute Gasteiger partial charge is 0.327 e. The van der Waals surface area contributed by atoms with Gasteiger partial charge in [-0.2, -0.15) is 0 Å². The van der Waals surface area contributed by atoms with Crippen molar-refractivity contribution in [2.24, 2.45) is 0 Å². The number of ether oxygens (including phenoxy) is 1. The zero-order valence-electron chi connectivity index (χ0n) is 9.30. The molecule has 2 atom stereocenters. The van der Waals surface area contributed by atoms with Crippen LogP contribution in [0.2, 0.25) is 0 Å². The molecular formula is C9H16N2O4S. The van der Waals surface area contributed by atoms with E-state index in [4.69, 9.17) is 9.84 Å². The molecule has 16 heavy (non-hydrogen) atoms. The molecular weight excluding hydrogens is 232 g/mol. The summed E-state index contributed by atoms with van der Waals surface area (Å²) in [4.78, 5) is 23.8. The van der Waals surface area contributed by atoms with E-state index in [1.165, 1.54) is 16.7 Å². The maximum atomic E-state index is 11.7. The summed E-state index contributed by atoms with van der Waals surface area (Å²) in [6.45, 7) is 2.20. The zero-order chi connectivity index (χ0) is 12.1. The van der Waals surface area contributed by atoms with Crippen LogP contribution in [0, 0.1) is 0 Å². The zero-order valence-corrected chi connectivity index (χ0v) is 10.1. The largest absolute Gasteiger partial charge is 0.480 e. The third-order valence-corrected chi connectivity index (χ3v) is 3.38. The Balaban J connectivity index is 2.44. The van der Waals surface area contributed by atoms with Gasteiger partial charge in [-0.1, -0.05) is 0 Å². The SMILES string of the molecule is COC(C)CNC(=O)N1CSCC1C(=O)O. The molecule has 0 aromatic carbocycles. The van der Waals surface area contributed by atoms with Crippen LogP contribution in [-0.2, 0) is 9.53 Å². The van der Waals surface area contributed by atoms with Crippen molar-refractivity contribution < 1.29 is 19.4 Å². The number of carboxylic acid groups (broad SMARTS) is 1. The van der Waals surface area contributed by atoms with E-state index in [9.17, 15) is 9.59 Å². The number of nitrogens with one attached hydrogen (secondary N) is 1. The summed E-state index contributed by atoms with van der Waals surface area (Å²) in [5.41, 5.74) is 0. The molecule has 0 aromatic rings. The van der Waals surface area contributed by atoms with Crippen LogP contribution in [-0.4, -0.2) is 59.4 Å². The van der Waals surface area contributed by atoms with Gasteiger partial charge < -0.3 is 20.1 Å². The number of methoxy groups -OCH3 is 1.